The minimum Gasteiger partial charge on any atom is -0.268 e. The number of hydrogen-bond donors (Lipinski definition) is 0. The summed E-state index contributed by atoms with van der Waals surface area (Å²) < 4.78 is 1.81. The standard InChI is InChI=1S/C14H12N2/c1-2-13-11-15-16(12-13)10-6-9-14-7-4-3-5-8-14/h1,3-9,11-12H,10H2/b9-6+. The maximum atomic E-state index is 5.26. The summed E-state index contributed by atoms with van der Waals surface area (Å²) in [6.07, 6.45) is 12.9. The van der Waals surface area contributed by atoms with E-state index in [0.717, 1.165) is 12.1 Å². The van der Waals surface area contributed by atoms with Crippen molar-refractivity contribution in [1.82, 2.24) is 9.78 Å². The fraction of sp³-hybridized carbons (Fsp3) is 0.0714. The number of hydrogen-bond acceptors (Lipinski definition) is 1. The van der Waals surface area contributed by atoms with Crippen molar-refractivity contribution in [1.29, 1.82) is 0 Å². The molecule has 1 aromatic heterocycles. The highest BCUT2D eigenvalue weighted by Crippen LogP contribution is 2.01. The third-order valence-corrected chi connectivity index (χ3v) is 2.20. The molecule has 1 heterocycles. The second-order valence-corrected chi connectivity index (χ2v) is 3.41. The summed E-state index contributed by atoms with van der Waals surface area (Å²) in [6, 6.07) is 10.2. The second kappa shape index (κ2) is 4.99. The van der Waals surface area contributed by atoms with Crippen molar-refractivity contribution in [2.45, 2.75) is 6.54 Å². The highest BCUT2D eigenvalue weighted by Gasteiger charge is 1.91. The third-order valence-electron chi connectivity index (χ3n) is 2.20. The summed E-state index contributed by atoms with van der Waals surface area (Å²) in [7, 11) is 0. The van der Waals surface area contributed by atoms with E-state index in [2.05, 4.69) is 35.3 Å². The molecule has 0 saturated heterocycles. The molecule has 0 unspecified atom stereocenters. The van der Waals surface area contributed by atoms with Gasteiger partial charge in [-0.2, -0.15) is 5.10 Å². The minimum atomic E-state index is 0.733. The lowest BCUT2D eigenvalue weighted by molar-refractivity contribution is 0.703. The lowest BCUT2D eigenvalue weighted by Crippen LogP contribution is -1.94. The first-order valence-electron chi connectivity index (χ1n) is 5.09. The molecule has 0 atom stereocenters. The average Bonchev–Trinajstić information content (AvgIpc) is 2.78. The molecule has 0 N–H and O–H groups in total. The van der Waals surface area contributed by atoms with Crippen LogP contribution in [-0.2, 0) is 6.54 Å². The smallest absolute Gasteiger partial charge is 0.0646 e. The zero-order valence-electron chi connectivity index (χ0n) is 8.88. The molecule has 0 bridgehead atoms. The van der Waals surface area contributed by atoms with Gasteiger partial charge in [-0.15, -0.1) is 6.42 Å². The van der Waals surface area contributed by atoms with Crippen molar-refractivity contribution in [2.24, 2.45) is 0 Å². The zero-order valence-corrected chi connectivity index (χ0v) is 8.88. The first-order chi connectivity index (χ1) is 7.88. The molecule has 16 heavy (non-hydrogen) atoms. The highest BCUT2D eigenvalue weighted by atomic mass is 15.3. The highest BCUT2D eigenvalue weighted by molar-refractivity contribution is 5.48. The van der Waals surface area contributed by atoms with Gasteiger partial charge in [-0.05, 0) is 5.56 Å². The lowest BCUT2D eigenvalue weighted by Gasteiger charge is -1.94. The van der Waals surface area contributed by atoms with Crippen molar-refractivity contribution >= 4 is 6.08 Å². The predicted octanol–water partition coefficient (Wildman–Crippen LogP) is 2.58. The van der Waals surface area contributed by atoms with E-state index in [1.807, 2.05) is 29.1 Å². The first-order valence-corrected chi connectivity index (χ1v) is 5.09. The number of allylic oxidation sites excluding steroid dienone is 1. The molecule has 0 amide bonds. The molecule has 2 nitrogen and oxygen atoms in total. The summed E-state index contributed by atoms with van der Waals surface area (Å²) in [6.45, 7) is 0.733. The fourth-order valence-corrected chi connectivity index (χ4v) is 1.40. The van der Waals surface area contributed by atoms with Crippen LogP contribution in [0.15, 0.2) is 48.8 Å². The van der Waals surface area contributed by atoms with Crippen LogP contribution in [0.4, 0.5) is 0 Å². The van der Waals surface area contributed by atoms with Crippen LogP contribution in [-0.4, -0.2) is 9.78 Å². The Balaban J connectivity index is 1.98. The van der Waals surface area contributed by atoms with E-state index in [-0.39, 0.29) is 0 Å². The number of rotatable bonds is 3. The molecule has 2 rings (SSSR count). The van der Waals surface area contributed by atoms with Crippen molar-refractivity contribution < 1.29 is 0 Å². The first kappa shape index (κ1) is 10.3. The van der Waals surface area contributed by atoms with Crippen LogP contribution in [0, 0.1) is 12.3 Å². The van der Waals surface area contributed by atoms with Gasteiger partial charge in [0, 0.05) is 6.20 Å². The largest absolute Gasteiger partial charge is 0.268 e. The summed E-state index contributed by atoms with van der Waals surface area (Å²) in [4.78, 5) is 0. The van der Waals surface area contributed by atoms with Crippen LogP contribution >= 0.6 is 0 Å². The van der Waals surface area contributed by atoms with E-state index in [1.165, 1.54) is 5.56 Å². The molecule has 2 aromatic rings. The number of aromatic nitrogens is 2. The van der Waals surface area contributed by atoms with E-state index < -0.39 is 0 Å². The molecule has 0 radical (unpaired) electrons. The van der Waals surface area contributed by atoms with Gasteiger partial charge in [0.15, 0.2) is 0 Å². The molecule has 0 aliphatic rings. The molecule has 1 aromatic carbocycles. The van der Waals surface area contributed by atoms with Crippen LogP contribution in [0.1, 0.15) is 11.1 Å². The molecule has 0 spiro atoms. The van der Waals surface area contributed by atoms with E-state index in [0.29, 0.717) is 0 Å². The topological polar surface area (TPSA) is 17.8 Å². The lowest BCUT2D eigenvalue weighted by atomic mass is 10.2. The third kappa shape index (κ3) is 2.61. The Hall–Kier alpha value is -2.27. The Morgan fingerprint density at radius 3 is 2.81 bits per heavy atom. The maximum Gasteiger partial charge on any atom is 0.0646 e. The quantitative estimate of drug-likeness (QED) is 0.709. The maximum absolute atomic E-state index is 5.26. The minimum absolute atomic E-state index is 0.733. The second-order valence-electron chi connectivity index (χ2n) is 3.41. The summed E-state index contributed by atoms with van der Waals surface area (Å²) >= 11 is 0. The van der Waals surface area contributed by atoms with E-state index in [1.54, 1.807) is 6.20 Å². The Morgan fingerprint density at radius 1 is 1.31 bits per heavy atom. The van der Waals surface area contributed by atoms with Crippen LogP contribution in [0.5, 0.6) is 0 Å². The van der Waals surface area contributed by atoms with E-state index in [4.69, 9.17) is 6.42 Å². The SMILES string of the molecule is C#Cc1cnn(C/C=C/c2ccccc2)c1. The fourth-order valence-electron chi connectivity index (χ4n) is 1.40. The van der Waals surface area contributed by atoms with E-state index in [9.17, 15) is 0 Å². The van der Waals surface area contributed by atoms with Gasteiger partial charge in [0.25, 0.3) is 0 Å². The Labute approximate surface area is 95.2 Å². The summed E-state index contributed by atoms with van der Waals surface area (Å²) in [5, 5.41) is 4.14. The van der Waals surface area contributed by atoms with Crippen LogP contribution in [0.2, 0.25) is 0 Å². The molecule has 0 aliphatic heterocycles. The van der Waals surface area contributed by atoms with Crippen LogP contribution < -0.4 is 0 Å². The van der Waals surface area contributed by atoms with Gasteiger partial charge in [0.2, 0.25) is 0 Å². The Bertz CT molecular complexity index is 515. The van der Waals surface area contributed by atoms with Gasteiger partial charge in [0.1, 0.15) is 0 Å². The normalized spacial score (nSPS) is 10.4. The molecular weight excluding hydrogens is 196 g/mol. The monoisotopic (exact) mass is 208 g/mol. The van der Waals surface area contributed by atoms with Gasteiger partial charge >= 0.3 is 0 Å². The molecule has 2 heteroatoms. The zero-order chi connectivity index (χ0) is 11.2. The van der Waals surface area contributed by atoms with Gasteiger partial charge < -0.3 is 0 Å². The van der Waals surface area contributed by atoms with Crippen molar-refractivity contribution in [2.75, 3.05) is 0 Å². The Morgan fingerprint density at radius 2 is 2.12 bits per heavy atom. The average molecular weight is 208 g/mol. The van der Waals surface area contributed by atoms with Gasteiger partial charge in [-0.25, -0.2) is 0 Å². The van der Waals surface area contributed by atoms with Gasteiger partial charge in [-0.3, -0.25) is 4.68 Å². The molecule has 0 fully saturated rings. The predicted molar refractivity (Wildman–Crippen MR) is 65.6 cm³/mol. The molecule has 78 valence electrons. The summed E-state index contributed by atoms with van der Waals surface area (Å²) in [5.74, 6) is 2.55. The summed E-state index contributed by atoms with van der Waals surface area (Å²) in [5.41, 5.74) is 2.00. The number of terminal acetylenes is 1. The van der Waals surface area contributed by atoms with Crippen LogP contribution in [0.25, 0.3) is 6.08 Å². The van der Waals surface area contributed by atoms with E-state index >= 15 is 0 Å². The van der Waals surface area contributed by atoms with Crippen LogP contribution in [0.3, 0.4) is 0 Å². The molecule has 0 saturated carbocycles. The van der Waals surface area contributed by atoms with Gasteiger partial charge in [0.05, 0.1) is 18.3 Å². The van der Waals surface area contributed by atoms with Crippen molar-refractivity contribution in [3.8, 4) is 12.3 Å². The van der Waals surface area contributed by atoms with Crippen molar-refractivity contribution in [3.63, 3.8) is 0 Å². The number of benzene rings is 1. The Kier molecular flexibility index (Phi) is 3.20. The molecular formula is C14H12N2. The molecule has 0 aliphatic carbocycles. The number of nitrogens with zero attached hydrogens (tertiary/aromatic N) is 2. The van der Waals surface area contributed by atoms with Crippen molar-refractivity contribution in [3.05, 3.63) is 59.9 Å². The van der Waals surface area contributed by atoms with Gasteiger partial charge in [-0.1, -0.05) is 48.4 Å².